The molecule has 0 aliphatic carbocycles. The molecule has 0 saturated carbocycles. The largest absolute Gasteiger partial charge is 0.381 e. The summed E-state index contributed by atoms with van der Waals surface area (Å²) in [6, 6.07) is 1.19. The molecule has 0 aromatic carbocycles. The predicted octanol–water partition coefficient (Wildman–Crippen LogP) is 1.80. The molecule has 2 atom stereocenters. The number of nitrogens with one attached hydrogen (secondary N) is 1. The first-order valence-electron chi connectivity index (χ1n) is 5.04. The molecule has 2 heteroatoms. The van der Waals surface area contributed by atoms with Crippen LogP contribution in [0.2, 0.25) is 0 Å². The molecule has 0 aromatic rings. The van der Waals surface area contributed by atoms with Gasteiger partial charge in [0.2, 0.25) is 0 Å². The van der Waals surface area contributed by atoms with E-state index < -0.39 is 0 Å². The summed E-state index contributed by atoms with van der Waals surface area (Å²) < 4.78 is 5.44. The van der Waals surface area contributed by atoms with Crippen LogP contribution in [0.25, 0.3) is 0 Å². The van der Waals surface area contributed by atoms with E-state index in [4.69, 9.17) is 4.74 Å². The van der Waals surface area contributed by atoms with E-state index in [2.05, 4.69) is 26.1 Å². The maximum Gasteiger partial charge on any atom is 0.0509 e. The highest BCUT2D eigenvalue weighted by atomic mass is 16.5. The van der Waals surface area contributed by atoms with Gasteiger partial charge in [0.25, 0.3) is 0 Å². The zero-order chi connectivity index (χ0) is 8.97. The summed E-state index contributed by atoms with van der Waals surface area (Å²) in [4.78, 5) is 0. The van der Waals surface area contributed by atoms with Gasteiger partial charge in [-0.2, -0.15) is 0 Å². The Morgan fingerprint density at radius 3 is 2.58 bits per heavy atom. The Labute approximate surface area is 75.7 Å². The van der Waals surface area contributed by atoms with E-state index in [0.717, 1.165) is 19.1 Å². The van der Waals surface area contributed by atoms with E-state index in [0.29, 0.717) is 12.1 Å². The average molecular weight is 171 g/mol. The first-order valence-corrected chi connectivity index (χ1v) is 5.04. The summed E-state index contributed by atoms with van der Waals surface area (Å²) in [6.45, 7) is 8.56. The number of ether oxygens (including phenoxy) is 1. The molecular weight excluding hydrogens is 150 g/mol. The molecule has 1 aliphatic rings. The topological polar surface area (TPSA) is 21.3 Å². The Bertz CT molecular complexity index is 119. The lowest BCUT2D eigenvalue weighted by atomic mass is 9.94. The molecule has 1 aliphatic heterocycles. The van der Waals surface area contributed by atoms with E-state index in [1.54, 1.807) is 0 Å². The third kappa shape index (κ3) is 3.11. The normalized spacial score (nSPS) is 27.5. The minimum absolute atomic E-state index is 0.585. The minimum Gasteiger partial charge on any atom is -0.381 e. The Kier molecular flexibility index (Phi) is 4.02. The van der Waals surface area contributed by atoms with Crippen LogP contribution in [0.5, 0.6) is 0 Å². The van der Waals surface area contributed by atoms with Crippen LogP contribution in [-0.4, -0.2) is 25.3 Å². The molecule has 2 nitrogen and oxygen atoms in total. The molecular formula is C10H21NO. The quantitative estimate of drug-likeness (QED) is 0.699. The SMILES string of the molecule is CC(C)NC(C)C1CCCOC1. The van der Waals surface area contributed by atoms with Crippen molar-refractivity contribution in [2.45, 2.75) is 45.7 Å². The van der Waals surface area contributed by atoms with Gasteiger partial charge in [-0.3, -0.25) is 0 Å². The van der Waals surface area contributed by atoms with Crippen molar-refractivity contribution >= 4 is 0 Å². The molecule has 1 rings (SSSR count). The van der Waals surface area contributed by atoms with Gasteiger partial charge in [0, 0.05) is 18.7 Å². The van der Waals surface area contributed by atoms with Gasteiger partial charge in [0.05, 0.1) is 6.61 Å². The molecule has 72 valence electrons. The van der Waals surface area contributed by atoms with Crippen molar-refractivity contribution in [3.8, 4) is 0 Å². The molecule has 1 N–H and O–H groups in total. The molecule has 0 bridgehead atoms. The maximum atomic E-state index is 5.44. The van der Waals surface area contributed by atoms with Crippen LogP contribution in [0.3, 0.4) is 0 Å². The van der Waals surface area contributed by atoms with Crippen LogP contribution in [-0.2, 0) is 4.74 Å². The van der Waals surface area contributed by atoms with E-state index in [-0.39, 0.29) is 0 Å². The lowest BCUT2D eigenvalue weighted by Gasteiger charge is -2.29. The summed E-state index contributed by atoms with van der Waals surface area (Å²) in [7, 11) is 0. The maximum absolute atomic E-state index is 5.44. The summed E-state index contributed by atoms with van der Waals surface area (Å²) >= 11 is 0. The van der Waals surface area contributed by atoms with E-state index in [1.165, 1.54) is 12.8 Å². The molecule has 2 unspecified atom stereocenters. The molecule has 0 spiro atoms. The van der Waals surface area contributed by atoms with Crippen molar-refractivity contribution in [3.63, 3.8) is 0 Å². The fourth-order valence-electron chi connectivity index (χ4n) is 1.82. The molecule has 0 aromatic heterocycles. The monoisotopic (exact) mass is 171 g/mol. The van der Waals surface area contributed by atoms with Crippen molar-refractivity contribution in [2.75, 3.05) is 13.2 Å². The van der Waals surface area contributed by atoms with Crippen LogP contribution in [0.4, 0.5) is 0 Å². The number of rotatable bonds is 3. The van der Waals surface area contributed by atoms with Crippen LogP contribution in [0, 0.1) is 5.92 Å². The van der Waals surface area contributed by atoms with Crippen molar-refractivity contribution < 1.29 is 4.74 Å². The van der Waals surface area contributed by atoms with Gasteiger partial charge < -0.3 is 10.1 Å². The highest BCUT2D eigenvalue weighted by Gasteiger charge is 2.20. The van der Waals surface area contributed by atoms with E-state index in [1.807, 2.05) is 0 Å². The first kappa shape index (κ1) is 10.0. The van der Waals surface area contributed by atoms with Crippen molar-refractivity contribution in [3.05, 3.63) is 0 Å². The summed E-state index contributed by atoms with van der Waals surface area (Å²) in [6.07, 6.45) is 2.55. The van der Waals surface area contributed by atoms with Crippen LogP contribution < -0.4 is 5.32 Å². The lowest BCUT2D eigenvalue weighted by Crippen LogP contribution is -2.41. The van der Waals surface area contributed by atoms with Crippen LogP contribution in [0.1, 0.15) is 33.6 Å². The molecule has 1 heterocycles. The Morgan fingerprint density at radius 2 is 2.08 bits per heavy atom. The minimum atomic E-state index is 0.585. The fourth-order valence-corrected chi connectivity index (χ4v) is 1.82. The van der Waals surface area contributed by atoms with Crippen molar-refractivity contribution in [1.29, 1.82) is 0 Å². The molecule has 0 radical (unpaired) electrons. The van der Waals surface area contributed by atoms with Gasteiger partial charge in [-0.05, 0) is 25.7 Å². The first-order chi connectivity index (χ1) is 5.70. The second-order valence-electron chi connectivity index (χ2n) is 4.09. The highest BCUT2D eigenvalue weighted by Crippen LogP contribution is 2.17. The van der Waals surface area contributed by atoms with Crippen molar-refractivity contribution in [1.82, 2.24) is 5.32 Å². The Hall–Kier alpha value is -0.0800. The number of hydrogen-bond acceptors (Lipinski definition) is 2. The van der Waals surface area contributed by atoms with Crippen LogP contribution >= 0.6 is 0 Å². The average Bonchev–Trinajstić information content (AvgIpc) is 2.05. The summed E-state index contributed by atoms with van der Waals surface area (Å²) in [5.41, 5.74) is 0. The standard InChI is InChI=1S/C10H21NO/c1-8(2)11-9(3)10-5-4-6-12-7-10/h8-11H,4-7H2,1-3H3. The zero-order valence-electron chi connectivity index (χ0n) is 8.47. The second kappa shape index (κ2) is 4.83. The molecule has 0 amide bonds. The third-order valence-electron chi connectivity index (χ3n) is 2.50. The predicted molar refractivity (Wildman–Crippen MR) is 51.3 cm³/mol. The Balaban J connectivity index is 2.24. The molecule has 12 heavy (non-hydrogen) atoms. The van der Waals surface area contributed by atoms with Crippen molar-refractivity contribution in [2.24, 2.45) is 5.92 Å². The van der Waals surface area contributed by atoms with Gasteiger partial charge in [0.15, 0.2) is 0 Å². The van der Waals surface area contributed by atoms with E-state index in [9.17, 15) is 0 Å². The van der Waals surface area contributed by atoms with Gasteiger partial charge in [-0.1, -0.05) is 13.8 Å². The van der Waals surface area contributed by atoms with Gasteiger partial charge in [-0.15, -0.1) is 0 Å². The van der Waals surface area contributed by atoms with Gasteiger partial charge in [0.1, 0.15) is 0 Å². The lowest BCUT2D eigenvalue weighted by molar-refractivity contribution is 0.0408. The fraction of sp³-hybridized carbons (Fsp3) is 1.00. The zero-order valence-corrected chi connectivity index (χ0v) is 8.47. The van der Waals surface area contributed by atoms with Gasteiger partial charge in [-0.25, -0.2) is 0 Å². The Morgan fingerprint density at radius 1 is 1.33 bits per heavy atom. The number of hydrogen-bond donors (Lipinski definition) is 1. The summed E-state index contributed by atoms with van der Waals surface area (Å²) in [5, 5.41) is 3.53. The smallest absolute Gasteiger partial charge is 0.0509 e. The van der Waals surface area contributed by atoms with Gasteiger partial charge >= 0.3 is 0 Å². The second-order valence-corrected chi connectivity index (χ2v) is 4.09. The van der Waals surface area contributed by atoms with E-state index >= 15 is 0 Å². The highest BCUT2D eigenvalue weighted by molar-refractivity contribution is 4.75. The molecule has 1 fully saturated rings. The summed E-state index contributed by atoms with van der Waals surface area (Å²) in [5.74, 6) is 0.723. The molecule has 1 saturated heterocycles. The third-order valence-corrected chi connectivity index (χ3v) is 2.50. The van der Waals surface area contributed by atoms with Crippen LogP contribution in [0.15, 0.2) is 0 Å².